The Bertz CT molecular complexity index is 944. The first-order valence-electron chi connectivity index (χ1n) is 7.78. The molecule has 0 unspecified atom stereocenters. The number of aromatic nitrogens is 3. The largest absolute Gasteiger partial charge is 0.317 e. The normalized spacial score (nSPS) is 11.0. The second kappa shape index (κ2) is 7.04. The van der Waals surface area contributed by atoms with E-state index in [1.54, 1.807) is 31.6 Å². The van der Waals surface area contributed by atoms with Crippen molar-refractivity contribution in [2.75, 3.05) is 5.32 Å². The zero-order valence-corrected chi connectivity index (χ0v) is 14.3. The fourth-order valence-electron chi connectivity index (χ4n) is 2.35. The van der Waals surface area contributed by atoms with Crippen LogP contribution in [0.2, 0.25) is 0 Å². The van der Waals surface area contributed by atoms with Crippen LogP contribution in [0.3, 0.4) is 0 Å². The Kier molecular flexibility index (Phi) is 4.65. The molecular formula is C18H18N6O. The molecule has 126 valence electrons. The molecule has 3 rings (SSSR count). The average molecular weight is 334 g/mol. The molecule has 2 heterocycles. The molecule has 0 fully saturated rings. The van der Waals surface area contributed by atoms with Crippen molar-refractivity contribution in [2.24, 2.45) is 17.3 Å². The van der Waals surface area contributed by atoms with E-state index >= 15 is 0 Å². The molecule has 25 heavy (non-hydrogen) atoms. The van der Waals surface area contributed by atoms with Crippen LogP contribution in [0.1, 0.15) is 21.7 Å². The van der Waals surface area contributed by atoms with Gasteiger partial charge in [-0.1, -0.05) is 18.2 Å². The van der Waals surface area contributed by atoms with E-state index < -0.39 is 0 Å². The van der Waals surface area contributed by atoms with E-state index in [1.807, 2.05) is 38.1 Å². The summed E-state index contributed by atoms with van der Waals surface area (Å²) in [4.78, 5) is 16.7. The number of carbonyl (C=O) groups excluding carboxylic acids is 1. The summed E-state index contributed by atoms with van der Waals surface area (Å²) in [6, 6.07) is 11.1. The van der Waals surface area contributed by atoms with Crippen molar-refractivity contribution in [1.29, 1.82) is 0 Å². The summed E-state index contributed by atoms with van der Waals surface area (Å²) in [6.45, 7) is 3.78. The van der Waals surface area contributed by atoms with Crippen LogP contribution in [0.25, 0.3) is 0 Å². The van der Waals surface area contributed by atoms with E-state index in [4.69, 9.17) is 0 Å². The van der Waals surface area contributed by atoms with E-state index in [9.17, 15) is 4.79 Å². The summed E-state index contributed by atoms with van der Waals surface area (Å²) in [5, 5.41) is 15.5. The number of benzene rings is 1. The van der Waals surface area contributed by atoms with Crippen molar-refractivity contribution in [3.05, 3.63) is 65.7 Å². The molecule has 0 saturated carbocycles. The fourth-order valence-corrected chi connectivity index (χ4v) is 2.35. The molecule has 1 aromatic carbocycles. The molecule has 0 saturated heterocycles. The van der Waals surface area contributed by atoms with Gasteiger partial charge in [0.05, 0.1) is 17.1 Å². The first-order valence-corrected chi connectivity index (χ1v) is 7.78. The van der Waals surface area contributed by atoms with Gasteiger partial charge in [-0.2, -0.15) is 10.2 Å². The minimum Gasteiger partial charge on any atom is -0.317 e. The van der Waals surface area contributed by atoms with Crippen LogP contribution in [-0.2, 0) is 7.05 Å². The zero-order valence-electron chi connectivity index (χ0n) is 14.3. The van der Waals surface area contributed by atoms with E-state index in [1.165, 1.54) is 4.68 Å². The van der Waals surface area contributed by atoms with Crippen LogP contribution in [0.5, 0.6) is 0 Å². The van der Waals surface area contributed by atoms with Gasteiger partial charge in [0, 0.05) is 19.4 Å². The summed E-state index contributed by atoms with van der Waals surface area (Å²) >= 11 is 0. The maximum absolute atomic E-state index is 12.5. The van der Waals surface area contributed by atoms with Crippen molar-refractivity contribution >= 4 is 23.0 Å². The lowest BCUT2D eigenvalue weighted by atomic mass is 10.2. The highest BCUT2D eigenvalue weighted by Crippen LogP contribution is 2.29. The van der Waals surface area contributed by atoms with Crippen LogP contribution >= 0.6 is 0 Å². The summed E-state index contributed by atoms with van der Waals surface area (Å²) in [5.41, 5.74) is 4.00. The third kappa shape index (κ3) is 3.60. The molecule has 1 N–H and O–H groups in total. The lowest BCUT2D eigenvalue weighted by Gasteiger charge is -2.10. The van der Waals surface area contributed by atoms with Crippen LogP contribution in [0, 0.1) is 13.8 Å². The number of amides is 1. The molecule has 2 aromatic heterocycles. The number of anilines is 1. The molecule has 0 atom stereocenters. The van der Waals surface area contributed by atoms with Gasteiger partial charge in [0.25, 0.3) is 5.91 Å². The van der Waals surface area contributed by atoms with Crippen molar-refractivity contribution in [1.82, 2.24) is 14.8 Å². The molecule has 0 radical (unpaired) electrons. The maximum atomic E-state index is 12.5. The highest BCUT2D eigenvalue weighted by molar-refractivity contribution is 6.04. The minimum absolute atomic E-state index is 0.275. The van der Waals surface area contributed by atoms with E-state index in [0.29, 0.717) is 22.8 Å². The zero-order chi connectivity index (χ0) is 17.8. The van der Waals surface area contributed by atoms with Crippen LogP contribution in [-0.4, -0.2) is 20.7 Å². The number of azo groups is 1. The smallest absolute Gasteiger partial charge is 0.274 e. The van der Waals surface area contributed by atoms with Gasteiger partial charge in [0.2, 0.25) is 0 Å². The Morgan fingerprint density at radius 3 is 2.52 bits per heavy atom. The number of carbonyl (C=O) groups is 1. The number of rotatable bonds is 4. The Hall–Kier alpha value is -3.35. The number of hydrogen-bond donors (Lipinski definition) is 1. The first-order chi connectivity index (χ1) is 12.1. The molecule has 0 aliphatic carbocycles. The number of pyridine rings is 1. The van der Waals surface area contributed by atoms with Gasteiger partial charge in [-0.15, -0.1) is 5.11 Å². The number of nitrogens with one attached hydrogen (secondary N) is 1. The standard InChI is InChI=1S/C18H18N6O/c1-12-6-4-5-7-14(12)22-23-15-8-10-19-13(2)17(15)21-18(25)16-9-11-20-24(16)3/h4-11H,1-3H3,(H,21,25). The van der Waals surface area contributed by atoms with E-state index in [-0.39, 0.29) is 5.91 Å². The molecule has 0 aliphatic rings. The fraction of sp³-hybridized carbons (Fsp3) is 0.167. The topological polar surface area (TPSA) is 84.5 Å². The number of aryl methyl sites for hydroxylation is 3. The Morgan fingerprint density at radius 2 is 1.80 bits per heavy atom. The molecule has 1 amide bonds. The van der Waals surface area contributed by atoms with Gasteiger partial charge < -0.3 is 5.32 Å². The van der Waals surface area contributed by atoms with Crippen LogP contribution in [0.4, 0.5) is 17.1 Å². The van der Waals surface area contributed by atoms with E-state index in [2.05, 4.69) is 25.6 Å². The van der Waals surface area contributed by atoms with Crippen LogP contribution < -0.4 is 5.32 Å². The van der Waals surface area contributed by atoms with Crippen molar-refractivity contribution < 1.29 is 4.79 Å². The quantitative estimate of drug-likeness (QED) is 0.729. The van der Waals surface area contributed by atoms with Gasteiger partial charge >= 0.3 is 0 Å². The number of hydrogen-bond acceptors (Lipinski definition) is 5. The summed E-state index contributed by atoms with van der Waals surface area (Å²) < 4.78 is 1.51. The highest BCUT2D eigenvalue weighted by Gasteiger charge is 2.14. The first kappa shape index (κ1) is 16.5. The maximum Gasteiger partial charge on any atom is 0.274 e. The molecule has 3 aromatic rings. The Labute approximate surface area is 145 Å². The molecular weight excluding hydrogens is 316 g/mol. The Balaban J connectivity index is 1.91. The molecule has 0 bridgehead atoms. The van der Waals surface area contributed by atoms with E-state index in [0.717, 1.165) is 11.3 Å². The highest BCUT2D eigenvalue weighted by atomic mass is 16.2. The minimum atomic E-state index is -0.275. The lowest BCUT2D eigenvalue weighted by molar-refractivity contribution is 0.101. The SMILES string of the molecule is Cc1ccccc1N=Nc1ccnc(C)c1NC(=O)c1ccnn1C. The van der Waals surface area contributed by atoms with Crippen molar-refractivity contribution in [2.45, 2.75) is 13.8 Å². The van der Waals surface area contributed by atoms with Gasteiger partial charge in [0.1, 0.15) is 11.4 Å². The summed E-state index contributed by atoms with van der Waals surface area (Å²) in [7, 11) is 1.71. The molecule has 7 heteroatoms. The van der Waals surface area contributed by atoms with Gasteiger partial charge in [-0.05, 0) is 37.6 Å². The number of nitrogens with zero attached hydrogens (tertiary/aromatic N) is 5. The third-order valence-electron chi connectivity index (χ3n) is 3.79. The van der Waals surface area contributed by atoms with Gasteiger partial charge in [-0.3, -0.25) is 14.5 Å². The monoisotopic (exact) mass is 334 g/mol. The molecule has 0 aliphatic heterocycles. The summed E-state index contributed by atoms with van der Waals surface area (Å²) in [5.74, 6) is -0.275. The van der Waals surface area contributed by atoms with Gasteiger partial charge in [-0.25, -0.2) is 0 Å². The van der Waals surface area contributed by atoms with Crippen molar-refractivity contribution in [3.8, 4) is 0 Å². The average Bonchev–Trinajstić information content (AvgIpc) is 3.03. The second-order valence-corrected chi connectivity index (χ2v) is 5.57. The van der Waals surface area contributed by atoms with Crippen LogP contribution in [0.15, 0.2) is 59.0 Å². The second-order valence-electron chi connectivity index (χ2n) is 5.57. The Morgan fingerprint density at radius 1 is 1.04 bits per heavy atom. The summed E-state index contributed by atoms with van der Waals surface area (Å²) in [6.07, 6.45) is 3.21. The lowest BCUT2D eigenvalue weighted by Crippen LogP contribution is -2.17. The predicted molar refractivity (Wildman–Crippen MR) is 95.5 cm³/mol. The molecule has 0 spiro atoms. The predicted octanol–water partition coefficient (Wildman–Crippen LogP) is 4.10. The third-order valence-corrected chi connectivity index (χ3v) is 3.79. The molecule has 7 nitrogen and oxygen atoms in total. The van der Waals surface area contributed by atoms with Crippen molar-refractivity contribution in [3.63, 3.8) is 0 Å². The van der Waals surface area contributed by atoms with Gasteiger partial charge in [0.15, 0.2) is 0 Å².